The Morgan fingerprint density at radius 1 is 1.17 bits per heavy atom. The second-order valence-electron chi connectivity index (χ2n) is 3.69. The van der Waals surface area contributed by atoms with Crippen LogP contribution in [0.1, 0.15) is 0 Å². The minimum atomic E-state index is -3.77. The lowest BCUT2D eigenvalue weighted by Gasteiger charge is -2.13. The van der Waals surface area contributed by atoms with Gasteiger partial charge in [-0.15, -0.1) is 0 Å². The molecule has 2 aromatic rings. The summed E-state index contributed by atoms with van der Waals surface area (Å²) in [5, 5.41) is 0.348. The van der Waals surface area contributed by atoms with E-state index >= 15 is 0 Å². The van der Waals surface area contributed by atoms with Gasteiger partial charge in [-0.3, -0.25) is 0 Å². The van der Waals surface area contributed by atoms with Crippen molar-refractivity contribution in [2.24, 2.45) is 0 Å². The van der Waals surface area contributed by atoms with Crippen molar-refractivity contribution in [3.05, 3.63) is 27.5 Å². The standard InChI is InChI=1S/C9H8Cl3N3O2S/c1-14(2)18(16,17)15-8-4-6(11)5(10)3-7(8)13-9(15)12/h3-4H,1-2H3. The molecule has 2 rings (SSSR count). The van der Waals surface area contributed by atoms with Crippen LogP contribution in [0, 0.1) is 0 Å². The second-order valence-corrected chi connectivity index (χ2v) is 6.83. The van der Waals surface area contributed by atoms with Crippen LogP contribution in [-0.4, -0.2) is 35.8 Å². The molecular weight excluding hydrogens is 321 g/mol. The number of imidazole rings is 1. The fourth-order valence-corrected chi connectivity index (χ4v) is 3.12. The normalized spacial score (nSPS) is 12.6. The van der Waals surface area contributed by atoms with E-state index in [1.165, 1.54) is 26.2 Å². The molecule has 0 unspecified atom stereocenters. The van der Waals surface area contributed by atoms with E-state index in [1.807, 2.05) is 0 Å². The van der Waals surface area contributed by atoms with Crippen molar-refractivity contribution < 1.29 is 8.42 Å². The van der Waals surface area contributed by atoms with Gasteiger partial charge in [0.25, 0.3) is 0 Å². The van der Waals surface area contributed by atoms with Gasteiger partial charge in [-0.25, -0.2) is 4.98 Å². The summed E-state index contributed by atoms with van der Waals surface area (Å²) >= 11 is 17.6. The third-order valence-corrected chi connectivity index (χ3v) is 5.14. The topological polar surface area (TPSA) is 55.2 Å². The monoisotopic (exact) mass is 327 g/mol. The Hall–Kier alpha value is -0.530. The van der Waals surface area contributed by atoms with E-state index in [4.69, 9.17) is 34.8 Å². The van der Waals surface area contributed by atoms with Gasteiger partial charge in [0, 0.05) is 14.1 Å². The summed E-state index contributed by atoms with van der Waals surface area (Å²) < 4.78 is 26.2. The third-order valence-electron chi connectivity index (χ3n) is 2.31. The molecule has 5 nitrogen and oxygen atoms in total. The van der Waals surface area contributed by atoms with Gasteiger partial charge in [-0.05, 0) is 23.7 Å². The predicted octanol–water partition coefficient (Wildman–Crippen LogP) is 2.65. The molecule has 1 aromatic carbocycles. The molecule has 0 amide bonds. The second kappa shape index (κ2) is 4.54. The largest absolute Gasteiger partial charge is 0.309 e. The van der Waals surface area contributed by atoms with E-state index in [1.54, 1.807) is 0 Å². The number of aromatic nitrogens is 2. The van der Waals surface area contributed by atoms with Gasteiger partial charge in [-0.2, -0.15) is 16.7 Å². The first-order valence-corrected chi connectivity index (χ1v) is 7.24. The number of benzene rings is 1. The van der Waals surface area contributed by atoms with Crippen molar-refractivity contribution in [1.82, 2.24) is 13.3 Å². The van der Waals surface area contributed by atoms with E-state index in [0.717, 1.165) is 8.28 Å². The Bertz CT molecular complexity index is 724. The molecule has 0 aliphatic carbocycles. The predicted molar refractivity (Wildman–Crippen MR) is 72.8 cm³/mol. The summed E-state index contributed by atoms with van der Waals surface area (Å²) in [6.07, 6.45) is 0. The molecule has 0 bridgehead atoms. The molecule has 0 N–H and O–H groups in total. The number of hydrogen-bond acceptors (Lipinski definition) is 3. The van der Waals surface area contributed by atoms with Gasteiger partial charge in [0.05, 0.1) is 21.1 Å². The Kier molecular flexibility index (Phi) is 3.50. The van der Waals surface area contributed by atoms with Crippen LogP contribution in [0.25, 0.3) is 11.0 Å². The fraction of sp³-hybridized carbons (Fsp3) is 0.222. The lowest BCUT2D eigenvalue weighted by molar-refractivity contribution is 0.512. The lowest BCUT2D eigenvalue weighted by Crippen LogP contribution is -2.28. The van der Waals surface area contributed by atoms with Crippen LogP contribution in [0.2, 0.25) is 15.3 Å². The molecule has 0 aliphatic rings. The first-order chi connectivity index (χ1) is 8.25. The maximum Gasteiger partial charge on any atom is 0.309 e. The smallest absolute Gasteiger partial charge is 0.217 e. The number of nitrogens with zero attached hydrogens (tertiary/aromatic N) is 3. The highest BCUT2D eigenvalue weighted by atomic mass is 35.5. The molecule has 9 heteroatoms. The highest BCUT2D eigenvalue weighted by Crippen LogP contribution is 2.30. The van der Waals surface area contributed by atoms with E-state index < -0.39 is 10.2 Å². The minimum absolute atomic E-state index is 0.169. The number of halogens is 3. The minimum Gasteiger partial charge on any atom is -0.217 e. The summed E-state index contributed by atoms with van der Waals surface area (Å²) in [7, 11) is -0.971. The molecule has 0 saturated heterocycles. The van der Waals surface area contributed by atoms with Crippen molar-refractivity contribution in [2.75, 3.05) is 14.1 Å². The maximum atomic E-state index is 12.1. The summed E-state index contributed by atoms with van der Waals surface area (Å²) in [5.41, 5.74) is 0.642. The van der Waals surface area contributed by atoms with E-state index in [-0.39, 0.29) is 20.8 Å². The molecule has 0 aliphatic heterocycles. The molecule has 0 fully saturated rings. The van der Waals surface area contributed by atoms with E-state index in [0.29, 0.717) is 5.52 Å². The zero-order valence-electron chi connectivity index (χ0n) is 9.35. The van der Waals surface area contributed by atoms with Crippen molar-refractivity contribution in [3.63, 3.8) is 0 Å². The SMILES string of the molecule is CN(C)S(=O)(=O)n1c(Cl)nc2cc(Cl)c(Cl)cc21. The third kappa shape index (κ3) is 2.08. The van der Waals surface area contributed by atoms with Gasteiger partial charge >= 0.3 is 10.2 Å². The quantitative estimate of drug-likeness (QED) is 0.851. The van der Waals surface area contributed by atoms with Crippen LogP contribution in [0.15, 0.2) is 12.1 Å². The van der Waals surface area contributed by atoms with Gasteiger partial charge in [0.2, 0.25) is 5.28 Å². The molecule has 0 radical (unpaired) electrons. The number of fused-ring (bicyclic) bond motifs is 1. The van der Waals surface area contributed by atoms with E-state index in [9.17, 15) is 8.42 Å². The average molecular weight is 329 g/mol. The van der Waals surface area contributed by atoms with E-state index in [2.05, 4.69) is 4.98 Å². The molecule has 18 heavy (non-hydrogen) atoms. The first kappa shape index (κ1) is 13.9. The Balaban J connectivity index is 2.88. The fourth-order valence-electron chi connectivity index (χ4n) is 1.41. The summed E-state index contributed by atoms with van der Waals surface area (Å²) in [5.74, 6) is 0. The highest BCUT2D eigenvalue weighted by molar-refractivity contribution is 7.87. The Labute approximate surface area is 119 Å². The molecule has 0 saturated carbocycles. The molecule has 1 aromatic heterocycles. The van der Waals surface area contributed by atoms with Gasteiger partial charge < -0.3 is 0 Å². The van der Waals surface area contributed by atoms with Crippen LogP contribution < -0.4 is 0 Å². The van der Waals surface area contributed by atoms with Crippen molar-refractivity contribution in [1.29, 1.82) is 0 Å². The lowest BCUT2D eigenvalue weighted by atomic mass is 10.3. The van der Waals surface area contributed by atoms with Crippen LogP contribution in [0.3, 0.4) is 0 Å². The van der Waals surface area contributed by atoms with Crippen LogP contribution >= 0.6 is 34.8 Å². The Morgan fingerprint density at radius 2 is 1.72 bits per heavy atom. The first-order valence-electron chi connectivity index (χ1n) is 4.71. The van der Waals surface area contributed by atoms with Crippen LogP contribution in [0.4, 0.5) is 0 Å². The molecule has 0 spiro atoms. The highest BCUT2D eigenvalue weighted by Gasteiger charge is 2.24. The maximum absolute atomic E-state index is 12.1. The zero-order chi connectivity index (χ0) is 13.7. The van der Waals surface area contributed by atoms with Gasteiger partial charge in [0.15, 0.2) is 0 Å². The number of rotatable bonds is 2. The summed E-state index contributed by atoms with van der Waals surface area (Å²) in [4.78, 5) is 3.94. The van der Waals surface area contributed by atoms with Crippen molar-refractivity contribution >= 4 is 56.0 Å². The summed E-state index contributed by atoms with van der Waals surface area (Å²) in [6, 6.07) is 2.88. The van der Waals surface area contributed by atoms with Crippen molar-refractivity contribution in [3.8, 4) is 0 Å². The van der Waals surface area contributed by atoms with Crippen LogP contribution in [-0.2, 0) is 10.2 Å². The van der Waals surface area contributed by atoms with Crippen LogP contribution in [0.5, 0.6) is 0 Å². The van der Waals surface area contributed by atoms with Crippen molar-refractivity contribution in [2.45, 2.75) is 0 Å². The molecule has 0 atom stereocenters. The summed E-state index contributed by atoms with van der Waals surface area (Å²) in [6.45, 7) is 0. The molecular formula is C9H8Cl3N3O2S. The van der Waals surface area contributed by atoms with Gasteiger partial charge in [0.1, 0.15) is 0 Å². The molecule has 98 valence electrons. The van der Waals surface area contributed by atoms with Gasteiger partial charge in [-0.1, -0.05) is 23.2 Å². The Morgan fingerprint density at radius 3 is 2.28 bits per heavy atom. The zero-order valence-corrected chi connectivity index (χ0v) is 12.4. The number of hydrogen-bond donors (Lipinski definition) is 0. The molecule has 1 heterocycles. The average Bonchev–Trinajstić information content (AvgIpc) is 2.54.